The number of fused-ring (bicyclic) bond motifs is 1. The molecule has 0 aliphatic heterocycles. The Kier molecular flexibility index (Phi) is 2.92. The van der Waals surface area contributed by atoms with E-state index in [1.165, 1.54) is 0 Å². The van der Waals surface area contributed by atoms with Crippen molar-refractivity contribution in [3.8, 4) is 0 Å². The molecule has 0 saturated carbocycles. The largest absolute Gasteiger partial charge is 0.389 e. The van der Waals surface area contributed by atoms with E-state index < -0.39 is 6.10 Å². The molecule has 2 aromatic rings. The average Bonchev–Trinajstić information content (AvgIpc) is 2.27. The Balaban J connectivity index is 2.79. The minimum atomic E-state index is -0.453. The molecule has 1 unspecified atom stereocenters. The number of aromatic nitrogens is 1. The van der Waals surface area contributed by atoms with E-state index in [1.807, 2.05) is 37.4 Å². The summed E-state index contributed by atoms with van der Waals surface area (Å²) < 4.78 is 0. The molecule has 1 atom stereocenters. The predicted molar refractivity (Wildman–Crippen MR) is 66.5 cm³/mol. The van der Waals surface area contributed by atoms with Crippen LogP contribution in [0.3, 0.4) is 0 Å². The van der Waals surface area contributed by atoms with Gasteiger partial charge in [0.05, 0.1) is 11.6 Å². The normalized spacial score (nSPS) is 13.3. The van der Waals surface area contributed by atoms with Gasteiger partial charge < -0.3 is 5.11 Å². The number of rotatable bonds is 2. The van der Waals surface area contributed by atoms with Gasteiger partial charge >= 0.3 is 0 Å². The third-order valence-corrected chi connectivity index (χ3v) is 2.89. The van der Waals surface area contributed by atoms with Gasteiger partial charge in [-0.25, -0.2) is 0 Å². The van der Waals surface area contributed by atoms with Gasteiger partial charge in [0.2, 0.25) is 0 Å². The van der Waals surface area contributed by atoms with E-state index in [-0.39, 0.29) is 0 Å². The first-order valence-electron chi connectivity index (χ1n) is 5.67. The Bertz CT molecular complexity index is 503. The molecular formula is C14H17NO. The monoisotopic (exact) mass is 215 g/mol. The van der Waals surface area contributed by atoms with Crippen molar-refractivity contribution in [3.63, 3.8) is 0 Å². The van der Waals surface area contributed by atoms with Crippen molar-refractivity contribution in [3.05, 3.63) is 41.6 Å². The van der Waals surface area contributed by atoms with Crippen LogP contribution in [0.15, 0.2) is 30.5 Å². The molecule has 1 N–H and O–H groups in total. The van der Waals surface area contributed by atoms with Gasteiger partial charge in [0, 0.05) is 11.6 Å². The van der Waals surface area contributed by atoms with Gasteiger partial charge in [-0.2, -0.15) is 0 Å². The first-order chi connectivity index (χ1) is 7.61. The Morgan fingerprint density at radius 1 is 1.12 bits per heavy atom. The summed E-state index contributed by atoms with van der Waals surface area (Å²) in [5, 5.41) is 11.0. The molecule has 0 bridgehead atoms. The van der Waals surface area contributed by atoms with E-state index in [2.05, 4.69) is 18.8 Å². The van der Waals surface area contributed by atoms with Crippen molar-refractivity contribution in [2.45, 2.75) is 32.8 Å². The number of hydrogen-bond acceptors (Lipinski definition) is 2. The maximum atomic E-state index is 9.92. The van der Waals surface area contributed by atoms with E-state index >= 15 is 0 Å². The van der Waals surface area contributed by atoms with Crippen LogP contribution in [0.25, 0.3) is 10.9 Å². The molecular weight excluding hydrogens is 198 g/mol. The van der Waals surface area contributed by atoms with Crippen LogP contribution in [-0.4, -0.2) is 10.1 Å². The molecule has 1 aromatic carbocycles. The molecule has 1 aromatic heterocycles. The van der Waals surface area contributed by atoms with E-state index in [0.717, 1.165) is 22.0 Å². The van der Waals surface area contributed by atoms with Crippen LogP contribution in [0, 0.1) is 0 Å². The molecule has 0 radical (unpaired) electrons. The van der Waals surface area contributed by atoms with Crippen LogP contribution >= 0.6 is 0 Å². The van der Waals surface area contributed by atoms with Crippen LogP contribution < -0.4 is 0 Å². The standard InChI is InChI=1S/C14H17NO/c1-9(2)12-8-15-13-7-5-4-6-11(13)14(12)10(3)16/h4-10,16H,1-3H3. The summed E-state index contributed by atoms with van der Waals surface area (Å²) >= 11 is 0. The highest BCUT2D eigenvalue weighted by Gasteiger charge is 2.14. The molecule has 0 aliphatic rings. The molecule has 84 valence electrons. The maximum Gasteiger partial charge on any atom is 0.0771 e. The molecule has 2 heteroatoms. The highest BCUT2D eigenvalue weighted by Crippen LogP contribution is 2.30. The van der Waals surface area contributed by atoms with Crippen molar-refractivity contribution in [2.75, 3.05) is 0 Å². The van der Waals surface area contributed by atoms with Gasteiger partial charge in [0.1, 0.15) is 0 Å². The summed E-state index contributed by atoms with van der Waals surface area (Å²) in [5.74, 6) is 0.377. The zero-order chi connectivity index (χ0) is 11.7. The first kappa shape index (κ1) is 11.1. The molecule has 2 nitrogen and oxygen atoms in total. The number of benzene rings is 1. The summed E-state index contributed by atoms with van der Waals surface area (Å²) in [6, 6.07) is 7.96. The minimum Gasteiger partial charge on any atom is -0.389 e. The van der Waals surface area contributed by atoms with Gasteiger partial charge in [0.15, 0.2) is 0 Å². The summed E-state index contributed by atoms with van der Waals surface area (Å²) in [5.41, 5.74) is 3.09. The van der Waals surface area contributed by atoms with Gasteiger partial charge in [0.25, 0.3) is 0 Å². The molecule has 0 aliphatic carbocycles. The fourth-order valence-electron chi connectivity index (χ4n) is 2.10. The molecule has 16 heavy (non-hydrogen) atoms. The molecule has 0 amide bonds. The number of para-hydroxylation sites is 1. The number of pyridine rings is 1. The van der Waals surface area contributed by atoms with E-state index in [1.54, 1.807) is 0 Å². The van der Waals surface area contributed by atoms with Crippen LogP contribution in [0.5, 0.6) is 0 Å². The number of aliphatic hydroxyl groups is 1. The smallest absolute Gasteiger partial charge is 0.0771 e. The van der Waals surface area contributed by atoms with Crippen molar-refractivity contribution < 1.29 is 5.11 Å². The summed E-state index contributed by atoms with van der Waals surface area (Å²) in [4.78, 5) is 4.43. The third kappa shape index (κ3) is 1.81. The average molecular weight is 215 g/mol. The molecule has 2 rings (SSSR count). The topological polar surface area (TPSA) is 33.1 Å². The van der Waals surface area contributed by atoms with Crippen molar-refractivity contribution in [1.82, 2.24) is 4.98 Å². The lowest BCUT2D eigenvalue weighted by molar-refractivity contribution is 0.199. The van der Waals surface area contributed by atoms with Gasteiger partial charge in [-0.05, 0) is 30.0 Å². The lowest BCUT2D eigenvalue weighted by Crippen LogP contribution is -2.02. The van der Waals surface area contributed by atoms with E-state index in [0.29, 0.717) is 5.92 Å². The Morgan fingerprint density at radius 2 is 1.81 bits per heavy atom. The molecule has 0 saturated heterocycles. The van der Waals surface area contributed by atoms with E-state index in [9.17, 15) is 5.11 Å². The molecule has 1 heterocycles. The Morgan fingerprint density at radius 3 is 2.44 bits per heavy atom. The van der Waals surface area contributed by atoms with E-state index in [4.69, 9.17) is 0 Å². The highest BCUT2D eigenvalue weighted by atomic mass is 16.3. The Labute approximate surface area is 96.0 Å². The van der Waals surface area contributed by atoms with Gasteiger partial charge in [-0.15, -0.1) is 0 Å². The van der Waals surface area contributed by atoms with Gasteiger partial charge in [-0.3, -0.25) is 4.98 Å². The Hall–Kier alpha value is -1.41. The minimum absolute atomic E-state index is 0.377. The van der Waals surface area contributed by atoms with Crippen LogP contribution in [0.2, 0.25) is 0 Å². The molecule has 0 fully saturated rings. The first-order valence-corrected chi connectivity index (χ1v) is 5.67. The second-order valence-corrected chi connectivity index (χ2v) is 4.48. The summed E-state index contributed by atoms with van der Waals surface area (Å²) in [6.45, 7) is 6.06. The summed E-state index contributed by atoms with van der Waals surface area (Å²) in [7, 11) is 0. The molecule has 0 spiro atoms. The number of nitrogens with zero attached hydrogens (tertiary/aromatic N) is 1. The van der Waals surface area contributed by atoms with Gasteiger partial charge in [-0.1, -0.05) is 32.0 Å². The highest BCUT2D eigenvalue weighted by molar-refractivity contribution is 5.83. The maximum absolute atomic E-state index is 9.92. The number of aliphatic hydroxyl groups excluding tert-OH is 1. The zero-order valence-corrected chi connectivity index (χ0v) is 9.94. The van der Waals surface area contributed by atoms with Crippen LogP contribution in [0.1, 0.15) is 43.9 Å². The fourth-order valence-corrected chi connectivity index (χ4v) is 2.10. The second-order valence-electron chi connectivity index (χ2n) is 4.48. The zero-order valence-electron chi connectivity index (χ0n) is 9.94. The lowest BCUT2D eigenvalue weighted by Gasteiger charge is -2.17. The van der Waals surface area contributed by atoms with Crippen molar-refractivity contribution in [1.29, 1.82) is 0 Å². The summed E-state index contributed by atoms with van der Waals surface area (Å²) in [6.07, 6.45) is 1.43. The fraction of sp³-hybridized carbons (Fsp3) is 0.357. The number of hydrogen-bond donors (Lipinski definition) is 1. The van der Waals surface area contributed by atoms with Crippen molar-refractivity contribution >= 4 is 10.9 Å². The predicted octanol–water partition coefficient (Wildman–Crippen LogP) is 3.41. The quantitative estimate of drug-likeness (QED) is 0.832. The second kappa shape index (κ2) is 4.22. The van der Waals surface area contributed by atoms with Crippen LogP contribution in [0.4, 0.5) is 0 Å². The van der Waals surface area contributed by atoms with Crippen molar-refractivity contribution in [2.24, 2.45) is 0 Å². The third-order valence-electron chi connectivity index (χ3n) is 2.89. The SMILES string of the molecule is CC(C)c1cnc2ccccc2c1C(C)O. The van der Waals surface area contributed by atoms with Crippen LogP contribution in [-0.2, 0) is 0 Å². The lowest BCUT2D eigenvalue weighted by atomic mass is 9.93.